The lowest BCUT2D eigenvalue weighted by Gasteiger charge is -2.08. The summed E-state index contributed by atoms with van der Waals surface area (Å²) in [5, 5.41) is 2.90. The second-order valence-corrected chi connectivity index (χ2v) is 4.81. The van der Waals surface area contributed by atoms with Crippen LogP contribution in [0.2, 0.25) is 0 Å². The monoisotopic (exact) mass is 254 g/mol. The van der Waals surface area contributed by atoms with Gasteiger partial charge in [0.05, 0.1) is 0 Å². The Balaban J connectivity index is 1.94. The molecule has 0 unspecified atom stereocenters. The Morgan fingerprint density at radius 3 is 2.32 bits per heavy atom. The van der Waals surface area contributed by atoms with Crippen LogP contribution in [0.1, 0.15) is 41.3 Å². The van der Waals surface area contributed by atoms with Gasteiger partial charge in [0.2, 0.25) is 0 Å². The van der Waals surface area contributed by atoms with Gasteiger partial charge in [-0.25, -0.2) is 0 Å². The Hall–Kier alpha value is -2.16. The topological polar surface area (TPSA) is 42.0 Å². The van der Waals surface area contributed by atoms with Crippen LogP contribution < -0.4 is 5.32 Å². The highest BCUT2D eigenvalue weighted by atomic mass is 16.1. The summed E-state index contributed by atoms with van der Waals surface area (Å²) in [4.78, 5) is 15.7. The van der Waals surface area contributed by atoms with Crippen LogP contribution in [0.3, 0.4) is 0 Å². The fraction of sp³-hybridized carbons (Fsp3) is 0.250. The zero-order valence-corrected chi connectivity index (χ0v) is 11.3. The summed E-state index contributed by atoms with van der Waals surface area (Å²) >= 11 is 0. The Morgan fingerprint density at radius 2 is 1.74 bits per heavy atom. The number of rotatable bonds is 4. The van der Waals surface area contributed by atoms with Gasteiger partial charge < -0.3 is 5.32 Å². The molecule has 0 fully saturated rings. The molecule has 0 aliphatic carbocycles. The van der Waals surface area contributed by atoms with E-state index in [9.17, 15) is 4.79 Å². The maximum absolute atomic E-state index is 11.9. The van der Waals surface area contributed by atoms with Crippen molar-refractivity contribution in [3.05, 3.63) is 65.5 Å². The Morgan fingerprint density at radius 1 is 1.11 bits per heavy atom. The molecule has 1 N–H and O–H groups in total. The fourth-order valence-electron chi connectivity index (χ4n) is 1.81. The normalized spacial score (nSPS) is 10.5. The van der Waals surface area contributed by atoms with E-state index < -0.39 is 0 Å². The number of nitrogens with one attached hydrogen (secondary N) is 1. The number of hydrogen-bond acceptors (Lipinski definition) is 2. The van der Waals surface area contributed by atoms with Crippen LogP contribution >= 0.6 is 0 Å². The van der Waals surface area contributed by atoms with Crippen molar-refractivity contribution in [2.24, 2.45) is 0 Å². The van der Waals surface area contributed by atoms with Crippen molar-refractivity contribution >= 4 is 5.91 Å². The smallest absolute Gasteiger partial charge is 0.251 e. The lowest BCUT2D eigenvalue weighted by atomic mass is 10.0. The van der Waals surface area contributed by atoms with E-state index in [2.05, 4.69) is 48.4 Å². The fourth-order valence-corrected chi connectivity index (χ4v) is 1.81. The molecule has 0 saturated heterocycles. The number of hydrogen-bond donors (Lipinski definition) is 1. The van der Waals surface area contributed by atoms with E-state index in [1.54, 1.807) is 24.5 Å². The van der Waals surface area contributed by atoms with Crippen molar-refractivity contribution in [3.63, 3.8) is 0 Å². The van der Waals surface area contributed by atoms with E-state index in [0.717, 1.165) is 5.56 Å². The molecule has 1 heterocycles. The van der Waals surface area contributed by atoms with Crippen LogP contribution in [0.15, 0.2) is 48.8 Å². The molecule has 0 radical (unpaired) electrons. The van der Waals surface area contributed by atoms with Crippen LogP contribution in [0.25, 0.3) is 0 Å². The molecule has 98 valence electrons. The molecule has 3 nitrogen and oxygen atoms in total. The lowest BCUT2D eigenvalue weighted by Crippen LogP contribution is -2.22. The predicted octanol–water partition coefficient (Wildman–Crippen LogP) is 3.14. The zero-order chi connectivity index (χ0) is 13.7. The molecule has 0 aliphatic rings. The molecule has 0 aliphatic heterocycles. The van der Waals surface area contributed by atoms with E-state index >= 15 is 0 Å². The second kappa shape index (κ2) is 6.14. The minimum Gasteiger partial charge on any atom is -0.348 e. The molecule has 2 aromatic rings. The minimum absolute atomic E-state index is 0.0738. The Bertz CT molecular complexity index is 532. The molecule has 0 spiro atoms. The van der Waals surface area contributed by atoms with E-state index in [1.165, 1.54) is 5.56 Å². The summed E-state index contributed by atoms with van der Waals surface area (Å²) in [5.41, 5.74) is 3.05. The van der Waals surface area contributed by atoms with Gasteiger partial charge in [-0.1, -0.05) is 38.1 Å². The minimum atomic E-state index is -0.0738. The van der Waals surface area contributed by atoms with Crippen LogP contribution in [0.5, 0.6) is 0 Å². The van der Waals surface area contributed by atoms with Gasteiger partial charge in [0, 0.05) is 24.5 Å². The summed E-state index contributed by atoms with van der Waals surface area (Å²) in [5.74, 6) is 0.454. The highest BCUT2D eigenvalue weighted by molar-refractivity contribution is 5.93. The lowest BCUT2D eigenvalue weighted by molar-refractivity contribution is 0.0951. The molecule has 0 atom stereocenters. The van der Waals surface area contributed by atoms with Crippen molar-refractivity contribution in [2.45, 2.75) is 26.3 Å². The van der Waals surface area contributed by atoms with Crippen molar-refractivity contribution < 1.29 is 4.79 Å². The standard InChI is InChI=1S/C16H18N2O/c1-12(2)14-5-3-13(4-6-14)11-18-16(19)15-7-9-17-10-8-15/h3-10,12H,11H2,1-2H3,(H,18,19). The SMILES string of the molecule is CC(C)c1ccc(CNC(=O)c2ccncc2)cc1. The number of carbonyl (C=O) groups is 1. The third kappa shape index (κ3) is 3.65. The number of pyridine rings is 1. The predicted molar refractivity (Wildman–Crippen MR) is 75.9 cm³/mol. The summed E-state index contributed by atoms with van der Waals surface area (Å²) in [6, 6.07) is 11.7. The summed E-state index contributed by atoms with van der Waals surface area (Å²) in [6.45, 7) is 4.87. The molecule has 0 saturated carbocycles. The van der Waals surface area contributed by atoms with Gasteiger partial charge in [-0.3, -0.25) is 9.78 Å². The molecular formula is C16H18N2O. The first-order valence-corrected chi connectivity index (χ1v) is 6.44. The van der Waals surface area contributed by atoms with Crippen molar-refractivity contribution in [1.82, 2.24) is 10.3 Å². The number of amides is 1. The average molecular weight is 254 g/mol. The van der Waals surface area contributed by atoms with Gasteiger partial charge in [0.25, 0.3) is 5.91 Å². The number of nitrogens with zero attached hydrogens (tertiary/aromatic N) is 1. The molecule has 19 heavy (non-hydrogen) atoms. The molecule has 1 amide bonds. The molecule has 0 bridgehead atoms. The molecule has 3 heteroatoms. The second-order valence-electron chi connectivity index (χ2n) is 4.81. The van der Waals surface area contributed by atoms with Gasteiger partial charge >= 0.3 is 0 Å². The van der Waals surface area contributed by atoms with Crippen molar-refractivity contribution in [1.29, 1.82) is 0 Å². The van der Waals surface area contributed by atoms with Crippen LogP contribution in [-0.4, -0.2) is 10.9 Å². The van der Waals surface area contributed by atoms with Gasteiger partial charge in [0.15, 0.2) is 0 Å². The Kier molecular flexibility index (Phi) is 4.29. The first-order chi connectivity index (χ1) is 9.16. The third-order valence-electron chi connectivity index (χ3n) is 3.04. The third-order valence-corrected chi connectivity index (χ3v) is 3.04. The molecule has 1 aromatic carbocycles. The molecular weight excluding hydrogens is 236 g/mol. The van der Waals surface area contributed by atoms with Gasteiger partial charge in [-0.2, -0.15) is 0 Å². The molecule has 1 aromatic heterocycles. The van der Waals surface area contributed by atoms with E-state index in [0.29, 0.717) is 18.0 Å². The van der Waals surface area contributed by atoms with Crippen LogP contribution in [-0.2, 0) is 6.54 Å². The number of carbonyl (C=O) groups excluding carboxylic acids is 1. The van der Waals surface area contributed by atoms with Crippen LogP contribution in [0, 0.1) is 0 Å². The first-order valence-electron chi connectivity index (χ1n) is 6.44. The maximum atomic E-state index is 11.9. The Labute approximate surface area is 113 Å². The highest BCUT2D eigenvalue weighted by Crippen LogP contribution is 2.14. The number of aromatic nitrogens is 1. The zero-order valence-electron chi connectivity index (χ0n) is 11.3. The summed E-state index contributed by atoms with van der Waals surface area (Å²) in [7, 11) is 0. The van der Waals surface area contributed by atoms with Crippen LogP contribution in [0.4, 0.5) is 0 Å². The largest absolute Gasteiger partial charge is 0.348 e. The van der Waals surface area contributed by atoms with Gasteiger partial charge in [-0.05, 0) is 29.2 Å². The van der Waals surface area contributed by atoms with E-state index in [-0.39, 0.29) is 5.91 Å². The highest BCUT2D eigenvalue weighted by Gasteiger charge is 2.04. The van der Waals surface area contributed by atoms with Crippen molar-refractivity contribution in [3.8, 4) is 0 Å². The maximum Gasteiger partial charge on any atom is 0.251 e. The van der Waals surface area contributed by atoms with Gasteiger partial charge in [0.1, 0.15) is 0 Å². The summed E-state index contributed by atoms with van der Waals surface area (Å²) < 4.78 is 0. The first kappa shape index (κ1) is 13.3. The van der Waals surface area contributed by atoms with E-state index in [4.69, 9.17) is 0 Å². The van der Waals surface area contributed by atoms with E-state index in [1.807, 2.05) is 0 Å². The summed E-state index contributed by atoms with van der Waals surface area (Å²) in [6.07, 6.45) is 3.23. The average Bonchev–Trinajstić information content (AvgIpc) is 2.46. The van der Waals surface area contributed by atoms with Gasteiger partial charge in [-0.15, -0.1) is 0 Å². The molecule has 2 rings (SSSR count). The quantitative estimate of drug-likeness (QED) is 0.910. The van der Waals surface area contributed by atoms with Crippen molar-refractivity contribution in [2.75, 3.05) is 0 Å². The number of benzene rings is 1.